The summed E-state index contributed by atoms with van der Waals surface area (Å²) in [5.74, 6) is 3.51. The molecule has 1 aromatic heterocycles. The van der Waals surface area contributed by atoms with E-state index in [2.05, 4.69) is 136 Å². The zero-order valence-corrected chi connectivity index (χ0v) is 31.7. The van der Waals surface area contributed by atoms with Crippen molar-refractivity contribution in [3.63, 3.8) is 0 Å². The lowest BCUT2D eigenvalue weighted by atomic mass is 9.33. The van der Waals surface area contributed by atoms with E-state index in [1.54, 1.807) is 11.1 Å². The van der Waals surface area contributed by atoms with Crippen LogP contribution in [0, 0.1) is 29.1 Å². The summed E-state index contributed by atoms with van der Waals surface area (Å²) in [5.41, 5.74) is 12.7. The number of nitrogens with zero attached hydrogens (tertiary/aromatic N) is 1. The highest BCUT2D eigenvalue weighted by molar-refractivity contribution is 7.99. The molecule has 6 atom stereocenters. The molecule has 1 aliphatic heterocycles. The molecule has 3 heteroatoms. The van der Waals surface area contributed by atoms with Crippen LogP contribution in [0.1, 0.15) is 94.9 Å². The number of fused-ring (bicyclic) bond motifs is 13. The Hall–Kier alpha value is -3.95. The Kier molecular flexibility index (Phi) is 5.85. The summed E-state index contributed by atoms with van der Waals surface area (Å²) in [7, 11) is 0. The third-order valence-electron chi connectivity index (χ3n) is 15.7. The van der Waals surface area contributed by atoms with E-state index in [-0.39, 0.29) is 16.2 Å². The van der Waals surface area contributed by atoms with Gasteiger partial charge < -0.3 is 9.32 Å². The van der Waals surface area contributed by atoms with Crippen LogP contribution in [-0.4, -0.2) is 0 Å². The van der Waals surface area contributed by atoms with Gasteiger partial charge in [0.25, 0.3) is 0 Å². The number of furan rings is 1. The highest BCUT2D eigenvalue weighted by Crippen LogP contribution is 2.85. The summed E-state index contributed by atoms with van der Waals surface area (Å²) >= 11 is 2.01. The Bertz CT molecular complexity index is 2500. The first-order valence-electron chi connectivity index (χ1n) is 20.0. The van der Waals surface area contributed by atoms with Crippen LogP contribution in [0.4, 0.5) is 17.1 Å². The smallest absolute Gasteiger partial charge is 0.159 e. The molecule has 4 saturated carbocycles. The van der Waals surface area contributed by atoms with E-state index in [4.69, 9.17) is 4.42 Å². The van der Waals surface area contributed by atoms with Gasteiger partial charge in [-0.3, -0.25) is 0 Å². The Balaban J connectivity index is 1.08. The predicted molar refractivity (Wildman–Crippen MR) is 215 cm³/mol. The minimum atomic E-state index is 0.111. The molecule has 0 N–H and O–H groups in total. The second kappa shape index (κ2) is 9.97. The Morgan fingerprint density at radius 3 is 2.21 bits per heavy atom. The molecule has 5 aliphatic carbocycles. The maximum Gasteiger partial charge on any atom is 0.159 e. The van der Waals surface area contributed by atoms with Crippen molar-refractivity contribution in [3.05, 3.63) is 125 Å². The van der Waals surface area contributed by atoms with E-state index >= 15 is 0 Å². The van der Waals surface area contributed by atoms with Gasteiger partial charge in [0, 0.05) is 37.4 Å². The van der Waals surface area contributed by atoms with E-state index in [1.807, 2.05) is 11.8 Å². The van der Waals surface area contributed by atoms with Crippen molar-refractivity contribution < 1.29 is 4.42 Å². The van der Waals surface area contributed by atoms with E-state index in [0.29, 0.717) is 5.41 Å². The lowest BCUT2D eigenvalue weighted by Gasteiger charge is -2.71. The first-order valence-corrected chi connectivity index (χ1v) is 20.8. The van der Waals surface area contributed by atoms with Crippen LogP contribution < -0.4 is 4.90 Å². The molecule has 0 radical (unpaired) electrons. The monoisotopic (exact) mass is 697 g/mol. The fourth-order valence-corrected chi connectivity index (χ4v) is 14.8. The molecule has 0 amide bonds. The van der Waals surface area contributed by atoms with Crippen LogP contribution in [0.2, 0.25) is 0 Å². The molecule has 52 heavy (non-hydrogen) atoms. The van der Waals surface area contributed by atoms with Crippen LogP contribution in [0.25, 0.3) is 21.9 Å². The number of anilines is 3. The van der Waals surface area contributed by atoms with Crippen LogP contribution in [0.5, 0.6) is 0 Å². The standard InChI is InChI=1S/C49H47NOS/c1-46(2)22-23-47(3,4)38-25-31(17-19-35(38)46)50(39-13-9-11-34-33-10-5-7-14-40(33)51-45(34)39)32-18-20-37-42(26-32)52-41-15-8-6-12-36(41)49(37)43-21-16-29-27-48(43)28-30(29)24-44(48)49/h5-15,17-20,25-26,29-30,43-44H,16,21-24,27-28H2,1-4H3. The van der Waals surface area contributed by atoms with Gasteiger partial charge in [0.1, 0.15) is 5.58 Å². The number of rotatable bonds is 3. The molecule has 5 aromatic carbocycles. The van der Waals surface area contributed by atoms with Gasteiger partial charge in [-0.05, 0) is 150 Å². The average molecular weight is 698 g/mol. The molecule has 6 aliphatic rings. The van der Waals surface area contributed by atoms with Gasteiger partial charge in [-0.25, -0.2) is 0 Å². The van der Waals surface area contributed by atoms with Gasteiger partial charge >= 0.3 is 0 Å². The summed E-state index contributed by atoms with van der Waals surface area (Å²) in [6.07, 6.45) is 9.68. The van der Waals surface area contributed by atoms with Gasteiger partial charge in [0.15, 0.2) is 5.58 Å². The molecule has 6 aromatic rings. The molecule has 2 nitrogen and oxygen atoms in total. The van der Waals surface area contributed by atoms with Crippen molar-refractivity contribution in [2.45, 2.75) is 98.7 Å². The first kappa shape index (κ1) is 30.5. The van der Waals surface area contributed by atoms with Crippen molar-refractivity contribution in [2.75, 3.05) is 4.90 Å². The summed E-state index contributed by atoms with van der Waals surface area (Å²) in [5, 5.41) is 2.34. The Labute approximate surface area is 312 Å². The molecule has 6 unspecified atom stereocenters. The second-order valence-corrected chi connectivity index (χ2v) is 19.9. The molecular weight excluding hydrogens is 651 g/mol. The second-order valence-electron chi connectivity index (χ2n) is 18.8. The average Bonchev–Trinajstić information content (AvgIpc) is 3.79. The zero-order chi connectivity index (χ0) is 34.8. The molecule has 2 spiro atoms. The van der Waals surface area contributed by atoms with Crippen molar-refractivity contribution in [1.82, 2.24) is 0 Å². The highest BCUT2D eigenvalue weighted by atomic mass is 32.2. The number of hydrogen-bond acceptors (Lipinski definition) is 3. The van der Waals surface area contributed by atoms with Crippen LogP contribution in [0.15, 0.2) is 117 Å². The quantitative estimate of drug-likeness (QED) is 0.183. The van der Waals surface area contributed by atoms with Gasteiger partial charge in [0.05, 0.1) is 5.69 Å². The third-order valence-corrected chi connectivity index (χ3v) is 16.9. The normalized spacial score (nSPS) is 30.9. The van der Waals surface area contributed by atoms with E-state index in [0.717, 1.165) is 40.5 Å². The van der Waals surface area contributed by atoms with Gasteiger partial charge in [-0.15, -0.1) is 0 Å². The van der Waals surface area contributed by atoms with Crippen molar-refractivity contribution in [2.24, 2.45) is 29.1 Å². The van der Waals surface area contributed by atoms with Crippen LogP contribution in [-0.2, 0) is 16.2 Å². The molecule has 2 heterocycles. The fourth-order valence-electron chi connectivity index (χ4n) is 13.5. The van der Waals surface area contributed by atoms with E-state index < -0.39 is 0 Å². The summed E-state index contributed by atoms with van der Waals surface area (Å²) < 4.78 is 6.77. The molecule has 260 valence electrons. The molecule has 4 fully saturated rings. The SMILES string of the molecule is CC1(C)CCC(C)(C)c2cc(N(c3ccc4c(c3)Sc3ccccc3C43C4CCC5CC46CC5CC63)c3cccc4c3oc3ccccc34)ccc21. The maximum absolute atomic E-state index is 6.77. The molecular formula is C49H47NOS. The maximum atomic E-state index is 6.77. The molecule has 3 bridgehead atoms. The van der Waals surface area contributed by atoms with Crippen molar-refractivity contribution in [1.29, 1.82) is 0 Å². The Morgan fingerprint density at radius 1 is 0.615 bits per heavy atom. The molecule has 0 saturated heterocycles. The zero-order valence-electron chi connectivity index (χ0n) is 30.8. The van der Waals surface area contributed by atoms with Crippen molar-refractivity contribution >= 4 is 50.8 Å². The Morgan fingerprint density at radius 2 is 1.33 bits per heavy atom. The van der Waals surface area contributed by atoms with Crippen LogP contribution >= 0.6 is 11.8 Å². The van der Waals surface area contributed by atoms with Gasteiger partial charge in [-0.1, -0.05) is 100 Å². The number of benzene rings is 5. The minimum absolute atomic E-state index is 0.111. The first-order chi connectivity index (χ1) is 25.2. The third kappa shape index (κ3) is 3.65. The summed E-state index contributed by atoms with van der Waals surface area (Å²) in [6.45, 7) is 9.73. The molecule has 12 rings (SSSR count). The van der Waals surface area contributed by atoms with Gasteiger partial charge in [0.2, 0.25) is 0 Å². The van der Waals surface area contributed by atoms with E-state index in [9.17, 15) is 0 Å². The minimum Gasteiger partial charge on any atom is -0.454 e. The van der Waals surface area contributed by atoms with Crippen LogP contribution in [0.3, 0.4) is 0 Å². The largest absolute Gasteiger partial charge is 0.454 e. The van der Waals surface area contributed by atoms with Gasteiger partial charge in [-0.2, -0.15) is 0 Å². The predicted octanol–water partition coefficient (Wildman–Crippen LogP) is 13.6. The number of para-hydroxylation sites is 2. The van der Waals surface area contributed by atoms with Crippen molar-refractivity contribution in [3.8, 4) is 0 Å². The van der Waals surface area contributed by atoms with E-state index in [1.165, 1.54) is 88.0 Å². The summed E-state index contributed by atoms with van der Waals surface area (Å²) in [4.78, 5) is 5.45. The topological polar surface area (TPSA) is 16.4 Å². The lowest BCUT2D eigenvalue weighted by molar-refractivity contribution is -0.150. The lowest BCUT2D eigenvalue weighted by Crippen LogP contribution is -2.68. The highest BCUT2D eigenvalue weighted by Gasteiger charge is 2.79. The fraction of sp³-hybridized carbons (Fsp3) is 0.388. The summed E-state index contributed by atoms with van der Waals surface area (Å²) in [6, 6.07) is 39.7. The number of hydrogen-bond donors (Lipinski definition) is 0.